The SMILES string of the molecule is CC(C)C[C@H](N)C(=O)N[C@@H](C[C@@H]1CCNC1=O)C(=O)O. The molecular formula is C13H23N3O4. The zero-order chi connectivity index (χ0) is 15.3. The molecule has 0 radical (unpaired) electrons. The van der Waals surface area contributed by atoms with Crippen LogP contribution in [0.25, 0.3) is 0 Å². The summed E-state index contributed by atoms with van der Waals surface area (Å²) in [6.07, 6.45) is 1.18. The van der Waals surface area contributed by atoms with Gasteiger partial charge in [-0.2, -0.15) is 0 Å². The molecule has 1 aliphatic rings. The van der Waals surface area contributed by atoms with Crippen LogP contribution in [0.1, 0.15) is 33.1 Å². The van der Waals surface area contributed by atoms with Gasteiger partial charge in [0.05, 0.1) is 6.04 Å². The van der Waals surface area contributed by atoms with Crippen LogP contribution in [0, 0.1) is 11.8 Å². The Morgan fingerprint density at radius 3 is 2.60 bits per heavy atom. The lowest BCUT2D eigenvalue weighted by Gasteiger charge is -2.20. The smallest absolute Gasteiger partial charge is 0.326 e. The van der Waals surface area contributed by atoms with Crippen LogP contribution in [0.4, 0.5) is 0 Å². The van der Waals surface area contributed by atoms with Crippen LogP contribution in [0.5, 0.6) is 0 Å². The summed E-state index contributed by atoms with van der Waals surface area (Å²) < 4.78 is 0. The van der Waals surface area contributed by atoms with E-state index in [1.807, 2.05) is 13.8 Å². The van der Waals surface area contributed by atoms with Crippen LogP contribution in [-0.4, -0.2) is 41.5 Å². The van der Waals surface area contributed by atoms with Gasteiger partial charge >= 0.3 is 5.97 Å². The number of carbonyl (C=O) groups is 3. The van der Waals surface area contributed by atoms with Gasteiger partial charge in [0.25, 0.3) is 0 Å². The van der Waals surface area contributed by atoms with Crippen molar-refractivity contribution in [1.82, 2.24) is 10.6 Å². The molecule has 1 aliphatic heterocycles. The van der Waals surface area contributed by atoms with Gasteiger partial charge in [0.2, 0.25) is 11.8 Å². The summed E-state index contributed by atoms with van der Waals surface area (Å²) in [6.45, 7) is 4.42. The molecule has 0 aromatic heterocycles. The predicted molar refractivity (Wildman–Crippen MR) is 72.7 cm³/mol. The molecular weight excluding hydrogens is 262 g/mol. The first-order valence-corrected chi connectivity index (χ1v) is 6.87. The normalized spacial score (nSPS) is 21.4. The fraction of sp³-hybridized carbons (Fsp3) is 0.769. The van der Waals surface area contributed by atoms with Crippen molar-refractivity contribution in [3.8, 4) is 0 Å². The first-order valence-electron chi connectivity index (χ1n) is 6.87. The first-order chi connectivity index (χ1) is 9.31. The van der Waals surface area contributed by atoms with Crippen molar-refractivity contribution in [2.45, 2.75) is 45.2 Å². The number of aliphatic carboxylic acids is 1. The van der Waals surface area contributed by atoms with Crippen LogP contribution >= 0.6 is 0 Å². The van der Waals surface area contributed by atoms with Crippen molar-refractivity contribution < 1.29 is 19.5 Å². The first kappa shape index (κ1) is 16.4. The molecule has 5 N–H and O–H groups in total. The van der Waals surface area contributed by atoms with Gasteiger partial charge < -0.3 is 21.5 Å². The summed E-state index contributed by atoms with van der Waals surface area (Å²) in [5.74, 6) is -1.89. The van der Waals surface area contributed by atoms with E-state index in [1.54, 1.807) is 0 Å². The Kier molecular flexibility index (Phi) is 5.94. The number of carboxylic acids is 1. The number of amides is 2. The Balaban J connectivity index is 2.56. The van der Waals surface area contributed by atoms with E-state index in [-0.39, 0.29) is 24.2 Å². The number of carboxylic acid groups (broad SMARTS) is 1. The predicted octanol–water partition coefficient (Wildman–Crippen LogP) is -0.545. The minimum atomic E-state index is -1.14. The average Bonchev–Trinajstić information content (AvgIpc) is 2.73. The Morgan fingerprint density at radius 1 is 1.50 bits per heavy atom. The van der Waals surface area contributed by atoms with E-state index < -0.39 is 24.0 Å². The standard InChI is InChI=1S/C13H23N3O4/c1-7(2)5-9(14)12(18)16-10(13(19)20)6-8-3-4-15-11(8)17/h7-10H,3-6,14H2,1-2H3,(H,15,17)(H,16,18)(H,19,20)/t8-,9-,10-/m0/s1. The van der Waals surface area contributed by atoms with Crippen molar-refractivity contribution in [3.05, 3.63) is 0 Å². The van der Waals surface area contributed by atoms with E-state index in [2.05, 4.69) is 10.6 Å². The van der Waals surface area contributed by atoms with E-state index in [0.29, 0.717) is 19.4 Å². The van der Waals surface area contributed by atoms with E-state index >= 15 is 0 Å². The molecule has 1 fully saturated rings. The highest BCUT2D eigenvalue weighted by Gasteiger charge is 2.32. The lowest BCUT2D eigenvalue weighted by molar-refractivity contribution is -0.142. The van der Waals surface area contributed by atoms with Crippen LogP contribution in [0.2, 0.25) is 0 Å². The van der Waals surface area contributed by atoms with Gasteiger partial charge in [-0.25, -0.2) is 4.79 Å². The number of hydrogen-bond acceptors (Lipinski definition) is 4. The summed E-state index contributed by atoms with van der Waals surface area (Å²) in [5.41, 5.74) is 5.72. The molecule has 0 spiro atoms. The summed E-state index contributed by atoms with van der Waals surface area (Å²) >= 11 is 0. The maximum absolute atomic E-state index is 11.8. The van der Waals surface area contributed by atoms with Gasteiger partial charge in [0.15, 0.2) is 0 Å². The third-order valence-electron chi connectivity index (χ3n) is 3.36. The minimum Gasteiger partial charge on any atom is -0.480 e. The Bertz CT molecular complexity index is 384. The molecule has 0 bridgehead atoms. The maximum atomic E-state index is 11.8. The van der Waals surface area contributed by atoms with E-state index in [4.69, 9.17) is 10.8 Å². The summed E-state index contributed by atoms with van der Waals surface area (Å²) in [4.78, 5) is 34.5. The minimum absolute atomic E-state index is 0.0985. The Hall–Kier alpha value is -1.63. The van der Waals surface area contributed by atoms with Crippen LogP contribution < -0.4 is 16.4 Å². The monoisotopic (exact) mass is 285 g/mol. The van der Waals surface area contributed by atoms with E-state index in [0.717, 1.165) is 0 Å². The Morgan fingerprint density at radius 2 is 2.15 bits per heavy atom. The second kappa shape index (κ2) is 7.23. The van der Waals surface area contributed by atoms with Gasteiger partial charge in [-0.3, -0.25) is 9.59 Å². The molecule has 20 heavy (non-hydrogen) atoms. The van der Waals surface area contributed by atoms with Crippen molar-refractivity contribution >= 4 is 17.8 Å². The number of nitrogens with one attached hydrogen (secondary N) is 2. The highest BCUT2D eigenvalue weighted by atomic mass is 16.4. The number of rotatable bonds is 7. The van der Waals surface area contributed by atoms with Gasteiger partial charge in [-0.15, -0.1) is 0 Å². The van der Waals surface area contributed by atoms with E-state index in [1.165, 1.54) is 0 Å². The number of carbonyl (C=O) groups excluding carboxylic acids is 2. The molecule has 1 rings (SSSR count). The van der Waals surface area contributed by atoms with Gasteiger partial charge in [-0.05, 0) is 25.2 Å². The van der Waals surface area contributed by atoms with Crippen molar-refractivity contribution in [2.24, 2.45) is 17.6 Å². The summed E-state index contributed by atoms with van der Waals surface area (Å²) in [7, 11) is 0. The summed E-state index contributed by atoms with van der Waals surface area (Å²) in [6, 6.07) is -1.80. The second-order valence-electron chi connectivity index (χ2n) is 5.65. The fourth-order valence-electron chi connectivity index (χ4n) is 2.27. The van der Waals surface area contributed by atoms with Gasteiger partial charge in [0.1, 0.15) is 6.04 Å². The largest absolute Gasteiger partial charge is 0.480 e. The van der Waals surface area contributed by atoms with Crippen molar-refractivity contribution in [1.29, 1.82) is 0 Å². The van der Waals surface area contributed by atoms with E-state index in [9.17, 15) is 14.4 Å². The molecule has 0 unspecified atom stereocenters. The maximum Gasteiger partial charge on any atom is 0.326 e. The van der Waals surface area contributed by atoms with Crippen LogP contribution in [0.3, 0.4) is 0 Å². The van der Waals surface area contributed by atoms with Crippen LogP contribution in [0.15, 0.2) is 0 Å². The second-order valence-corrected chi connectivity index (χ2v) is 5.65. The number of nitrogens with two attached hydrogens (primary N) is 1. The third-order valence-corrected chi connectivity index (χ3v) is 3.36. The molecule has 0 aromatic rings. The van der Waals surface area contributed by atoms with Crippen molar-refractivity contribution in [3.63, 3.8) is 0 Å². The molecule has 1 heterocycles. The molecule has 7 nitrogen and oxygen atoms in total. The zero-order valence-corrected chi connectivity index (χ0v) is 11.9. The molecule has 0 aliphatic carbocycles. The molecule has 0 aromatic carbocycles. The molecule has 7 heteroatoms. The van der Waals surface area contributed by atoms with Crippen molar-refractivity contribution in [2.75, 3.05) is 6.54 Å². The zero-order valence-electron chi connectivity index (χ0n) is 11.9. The summed E-state index contributed by atoms with van der Waals surface area (Å²) in [5, 5.41) is 14.2. The molecule has 2 amide bonds. The quantitative estimate of drug-likeness (QED) is 0.500. The van der Waals surface area contributed by atoms with Gasteiger partial charge in [0, 0.05) is 12.5 Å². The third kappa shape index (κ3) is 4.80. The molecule has 0 saturated carbocycles. The fourth-order valence-corrected chi connectivity index (χ4v) is 2.27. The Labute approximate surface area is 118 Å². The highest BCUT2D eigenvalue weighted by molar-refractivity contribution is 5.87. The average molecular weight is 285 g/mol. The van der Waals surface area contributed by atoms with Gasteiger partial charge in [-0.1, -0.05) is 13.8 Å². The topological polar surface area (TPSA) is 122 Å². The number of hydrogen-bond donors (Lipinski definition) is 4. The molecule has 114 valence electrons. The lowest BCUT2D eigenvalue weighted by atomic mass is 9.97. The van der Waals surface area contributed by atoms with Crippen LogP contribution in [-0.2, 0) is 14.4 Å². The molecule has 3 atom stereocenters. The lowest BCUT2D eigenvalue weighted by Crippen LogP contribution is -2.49. The highest BCUT2D eigenvalue weighted by Crippen LogP contribution is 2.16. The molecule has 1 saturated heterocycles.